The number of nitrogens with zero attached hydrogens (tertiary/aromatic N) is 2. The molecular formula is C19H20ClF2N3O. The number of amides is 2. The highest BCUT2D eigenvalue weighted by Crippen LogP contribution is 2.24. The second kappa shape index (κ2) is 8.36. The van der Waals surface area contributed by atoms with Gasteiger partial charge in [-0.2, -0.15) is 0 Å². The maximum Gasteiger partial charge on any atom is 0.317 e. The molecule has 138 valence electrons. The topological polar surface area (TPSA) is 35.6 Å². The SMILES string of the molecule is O=C(NCCc1cccc(Cl)c1)N1CCN(c2c(F)cccc2F)CC1. The zero-order valence-electron chi connectivity index (χ0n) is 14.2. The average molecular weight is 380 g/mol. The number of benzene rings is 2. The van der Waals surface area contributed by atoms with Crippen LogP contribution in [-0.4, -0.2) is 43.7 Å². The molecule has 0 aromatic heterocycles. The van der Waals surface area contributed by atoms with Gasteiger partial charge in [0.15, 0.2) is 0 Å². The number of para-hydroxylation sites is 1. The van der Waals surface area contributed by atoms with Gasteiger partial charge in [-0.15, -0.1) is 0 Å². The highest BCUT2D eigenvalue weighted by atomic mass is 35.5. The van der Waals surface area contributed by atoms with Crippen molar-refractivity contribution in [3.05, 3.63) is 64.7 Å². The molecule has 0 spiro atoms. The minimum Gasteiger partial charge on any atom is -0.363 e. The lowest BCUT2D eigenvalue weighted by Crippen LogP contribution is -2.52. The fourth-order valence-corrected chi connectivity index (χ4v) is 3.26. The zero-order valence-corrected chi connectivity index (χ0v) is 15.0. The molecule has 4 nitrogen and oxygen atoms in total. The molecule has 2 aromatic carbocycles. The first kappa shape index (κ1) is 18.5. The monoisotopic (exact) mass is 379 g/mol. The van der Waals surface area contributed by atoms with Crippen LogP contribution >= 0.6 is 11.6 Å². The lowest BCUT2D eigenvalue weighted by atomic mass is 10.1. The second-order valence-corrected chi connectivity index (χ2v) is 6.59. The molecule has 0 bridgehead atoms. The number of urea groups is 1. The Kier molecular flexibility index (Phi) is 5.93. The first-order chi connectivity index (χ1) is 12.5. The lowest BCUT2D eigenvalue weighted by molar-refractivity contribution is 0.194. The summed E-state index contributed by atoms with van der Waals surface area (Å²) in [5, 5.41) is 3.55. The molecule has 1 heterocycles. The van der Waals surface area contributed by atoms with Gasteiger partial charge in [0.25, 0.3) is 0 Å². The van der Waals surface area contributed by atoms with Crippen LogP contribution in [0.2, 0.25) is 5.02 Å². The van der Waals surface area contributed by atoms with E-state index in [2.05, 4.69) is 5.32 Å². The Morgan fingerprint density at radius 2 is 1.69 bits per heavy atom. The van der Waals surface area contributed by atoms with Crippen LogP contribution in [0.4, 0.5) is 19.3 Å². The van der Waals surface area contributed by atoms with Crippen molar-refractivity contribution in [2.24, 2.45) is 0 Å². The maximum atomic E-state index is 13.9. The molecule has 1 aliphatic rings. The summed E-state index contributed by atoms with van der Waals surface area (Å²) >= 11 is 5.94. The third-order valence-corrected chi connectivity index (χ3v) is 4.63. The molecule has 0 aliphatic carbocycles. The zero-order chi connectivity index (χ0) is 18.5. The van der Waals surface area contributed by atoms with Gasteiger partial charge >= 0.3 is 6.03 Å². The molecule has 1 N–H and O–H groups in total. The van der Waals surface area contributed by atoms with Crippen molar-refractivity contribution in [1.29, 1.82) is 0 Å². The number of carbonyl (C=O) groups excluding carboxylic acids is 1. The molecule has 7 heteroatoms. The molecule has 2 amide bonds. The van der Waals surface area contributed by atoms with E-state index in [0.717, 1.165) is 5.56 Å². The summed E-state index contributed by atoms with van der Waals surface area (Å²) in [6, 6.07) is 11.2. The molecule has 0 unspecified atom stereocenters. The van der Waals surface area contributed by atoms with Gasteiger partial charge in [-0.05, 0) is 36.2 Å². The van der Waals surface area contributed by atoms with E-state index in [4.69, 9.17) is 11.6 Å². The Labute approximate surface area is 156 Å². The molecule has 2 aromatic rings. The predicted molar refractivity (Wildman–Crippen MR) is 98.7 cm³/mol. The smallest absolute Gasteiger partial charge is 0.317 e. The largest absolute Gasteiger partial charge is 0.363 e. The molecular weight excluding hydrogens is 360 g/mol. The van der Waals surface area contributed by atoms with Crippen LogP contribution in [0.25, 0.3) is 0 Å². The minimum atomic E-state index is -0.579. The maximum absolute atomic E-state index is 13.9. The first-order valence-electron chi connectivity index (χ1n) is 8.51. The summed E-state index contributed by atoms with van der Waals surface area (Å²) in [7, 11) is 0. The van der Waals surface area contributed by atoms with Crippen LogP contribution in [0.5, 0.6) is 0 Å². The molecule has 1 aliphatic heterocycles. The van der Waals surface area contributed by atoms with Gasteiger partial charge in [0.2, 0.25) is 0 Å². The summed E-state index contributed by atoms with van der Waals surface area (Å²) in [4.78, 5) is 15.6. The van der Waals surface area contributed by atoms with E-state index in [1.165, 1.54) is 18.2 Å². The fraction of sp³-hybridized carbons (Fsp3) is 0.316. The van der Waals surface area contributed by atoms with Crippen LogP contribution in [-0.2, 0) is 6.42 Å². The van der Waals surface area contributed by atoms with Gasteiger partial charge in [0, 0.05) is 37.7 Å². The van der Waals surface area contributed by atoms with Crippen molar-refractivity contribution in [3.8, 4) is 0 Å². The van der Waals surface area contributed by atoms with Crippen LogP contribution in [0, 0.1) is 11.6 Å². The van der Waals surface area contributed by atoms with Crippen molar-refractivity contribution in [2.45, 2.75) is 6.42 Å². The lowest BCUT2D eigenvalue weighted by Gasteiger charge is -2.36. The van der Waals surface area contributed by atoms with E-state index < -0.39 is 11.6 Å². The number of hydrogen-bond acceptors (Lipinski definition) is 2. The van der Waals surface area contributed by atoms with Gasteiger partial charge in [-0.25, -0.2) is 13.6 Å². The number of rotatable bonds is 4. The number of halogens is 3. The predicted octanol–water partition coefficient (Wildman–Crippen LogP) is 3.69. The van der Waals surface area contributed by atoms with Crippen LogP contribution in [0.15, 0.2) is 42.5 Å². The Bertz CT molecular complexity index is 759. The fourth-order valence-electron chi connectivity index (χ4n) is 3.04. The number of hydrogen-bond donors (Lipinski definition) is 1. The number of carbonyl (C=O) groups is 1. The van der Waals surface area contributed by atoms with Crippen molar-refractivity contribution in [1.82, 2.24) is 10.2 Å². The first-order valence-corrected chi connectivity index (χ1v) is 8.88. The van der Waals surface area contributed by atoms with Gasteiger partial charge < -0.3 is 15.1 Å². The Hall–Kier alpha value is -2.34. The Balaban J connectivity index is 1.48. The van der Waals surface area contributed by atoms with Crippen molar-refractivity contribution >= 4 is 23.3 Å². The number of anilines is 1. The standard InChI is InChI=1S/C19H20ClF2N3O/c20-15-4-1-3-14(13-15)7-8-23-19(26)25-11-9-24(10-12-25)18-16(21)5-2-6-17(18)22/h1-6,13H,7-12H2,(H,23,26). The summed E-state index contributed by atoms with van der Waals surface area (Å²) < 4.78 is 27.7. The highest BCUT2D eigenvalue weighted by Gasteiger charge is 2.24. The van der Waals surface area contributed by atoms with E-state index in [1.54, 1.807) is 9.80 Å². The number of nitrogens with one attached hydrogen (secondary N) is 1. The summed E-state index contributed by atoms with van der Waals surface area (Å²) in [5.41, 5.74) is 1.03. The van der Waals surface area contributed by atoms with Crippen molar-refractivity contribution in [2.75, 3.05) is 37.6 Å². The van der Waals surface area contributed by atoms with Gasteiger partial charge in [-0.1, -0.05) is 29.8 Å². The normalized spacial score (nSPS) is 14.4. The van der Waals surface area contributed by atoms with E-state index in [1.807, 2.05) is 24.3 Å². The molecule has 26 heavy (non-hydrogen) atoms. The third-order valence-electron chi connectivity index (χ3n) is 4.40. The molecule has 0 saturated carbocycles. The molecule has 0 atom stereocenters. The van der Waals surface area contributed by atoms with Crippen LogP contribution < -0.4 is 10.2 Å². The van der Waals surface area contributed by atoms with E-state index in [-0.39, 0.29) is 11.7 Å². The molecule has 0 radical (unpaired) electrons. The van der Waals surface area contributed by atoms with Gasteiger partial charge in [0.1, 0.15) is 17.3 Å². The Morgan fingerprint density at radius 1 is 1.04 bits per heavy atom. The van der Waals surface area contributed by atoms with Gasteiger partial charge in [0.05, 0.1) is 0 Å². The summed E-state index contributed by atoms with van der Waals surface area (Å²) in [5.74, 6) is -1.16. The van der Waals surface area contributed by atoms with E-state index >= 15 is 0 Å². The highest BCUT2D eigenvalue weighted by molar-refractivity contribution is 6.30. The summed E-state index contributed by atoms with van der Waals surface area (Å²) in [6.07, 6.45) is 0.687. The second-order valence-electron chi connectivity index (χ2n) is 6.16. The summed E-state index contributed by atoms with van der Waals surface area (Å²) in [6.45, 7) is 2.11. The molecule has 1 fully saturated rings. The average Bonchev–Trinajstić information content (AvgIpc) is 2.62. The molecule has 1 saturated heterocycles. The minimum absolute atomic E-state index is 0.0199. The van der Waals surface area contributed by atoms with Crippen molar-refractivity contribution in [3.63, 3.8) is 0 Å². The Morgan fingerprint density at radius 3 is 2.35 bits per heavy atom. The molecule has 3 rings (SSSR count). The quantitative estimate of drug-likeness (QED) is 0.879. The number of piperazine rings is 1. The van der Waals surface area contributed by atoms with Crippen molar-refractivity contribution < 1.29 is 13.6 Å². The van der Waals surface area contributed by atoms with E-state index in [0.29, 0.717) is 44.2 Å². The van der Waals surface area contributed by atoms with E-state index in [9.17, 15) is 13.6 Å². The van der Waals surface area contributed by atoms with Crippen LogP contribution in [0.3, 0.4) is 0 Å². The van der Waals surface area contributed by atoms with Crippen LogP contribution in [0.1, 0.15) is 5.56 Å². The van der Waals surface area contributed by atoms with Gasteiger partial charge in [-0.3, -0.25) is 0 Å². The third kappa shape index (κ3) is 4.43.